The maximum Gasteiger partial charge on any atom is 0.251 e. The molecule has 0 unspecified atom stereocenters. The SMILES string of the molecule is O=C(CCCNC(=O)c1ccccc1)NCc1ccc(Br)s1. The van der Waals surface area contributed by atoms with Crippen molar-refractivity contribution in [2.45, 2.75) is 19.4 Å². The van der Waals surface area contributed by atoms with Crippen LogP contribution in [-0.4, -0.2) is 18.4 Å². The molecule has 2 aromatic rings. The summed E-state index contributed by atoms with van der Waals surface area (Å²) in [5, 5.41) is 5.68. The summed E-state index contributed by atoms with van der Waals surface area (Å²) in [6, 6.07) is 13.0. The van der Waals surface area contributed by atoms with Crippen LogP contribution >= 0.6 is 27.3 Å². The van der Waals surface area contributed by atoms with Gasteiger partial charge >= 0.3 is 0 Å². The molecule has 2 N–H and O–H groups in total. The highest BCUT2D eigenvalue weighted by Gasteiger charge is 2.05. The molecule has 1 aromatic carbocycles. The van der Waals surface area contributed by atoms with E-state index in [0.717, 1.165) is 8.66 Å². The van der Waals surface area contributed by atoms with Gasteiger partial charge in [-0.15, -0.1) is 11.3 Å². The van der Waals surface area contributed by atoms with E-state index in [1.54, 1.807) is 23.5 Å². The topological polar surface area (TPSA) is 58.2 Å². The number of amides is 2. The first-order chi connectivity index (χ1) is 10.6. The maximum absolute atomic E-state index is 11.8. The summed E-state index contributed by atoms with van der Waals surface area (Å²) in [7, 11) is 0. The number of carbonyl (C=O) groups is 2. The molecule has 0 aliphatic heterocycles. The van der Waals surface area contributed by atoms with E-state index in [0.29, 0.717) is 31.5 Å². The molecule has 2 rings (SSSR count). The molecule has 0 spiro atoms. The van der Waals surface area contributed by atoms with E-state index < -0.39 is 0 Å². The zero-order valence-corrected chi connectivity index (χ0v) is 14.4. The summed E-state index contributed by atoms with van der Waals surface area (Å²) >= 11 is 4.99. The lowest BCUT2D eigenvalue weighted by atomic mass is 10.2. The van der Waals surface area contributed by atoms with Crippen molar-refractivity contribution in [2.75, 3.05) is 6.54 Å². The Kier molecular flexibility index (Phi) is 6.61. The molecule has 1 heterocycles. The van der Waals surface area contributed by atoms with Crippen molar-refractivity contribution >= 4 is 39.1 Å². The molecule has 2 amide bonds. The summed E-state index contributed by atoms with van der Waals surface area (Å²) in [4.78, 5) is 24.6. The third-order valence-corrected chi connectivity index (χ3v) is 4.61. The lowest BCUT2D eigenvalue weighted by molar-refractivity contribution is -0.121. The minimum absolute atomic E-state index is 0.00141. The second-order valence-electron chi connectivity index (χ2n) is 4.71. The van der Waals surface area contributed by atoms with Gasteiger partial charge < -0.3 is 10.6 Å². The summed E-state index contributed by atoms with van der Waals surface area (Å²) < 4.78 is 1.06. The van der Waals surface area contributed by atoms with Crippen molar-refractivity contribution in [2.24, 2.45) is 0 Å². The van der Waals surface area contributed by atoms with Crippen molar-refractivity contribution in [1.29, 1.82) is 0 Å². The fourth-order valence-electron chi connectivity index (χ4n) is 1.86. The van der Waals surface area contributed by atoms with Crippen molar-refractivity contribution in [3.63, 3.8) is 0 Å². The van der Waals surface area contributed by atoms with Gasteiger partial charge in [0.15, 0.2) is 0 Å². The molecule has 22 heavy (non-hydrogen) atoms. The third kappa shape index (κ3) is 5.61. The highest BCUT2D eigenvalue weighted by atomic mass is 79.9. The molecule has 6 heteroatoms. The number of halogens is 1. The molecule has 4 nitrogen and oxygen atoms in total. The predicted octanol–water partition coefficient (Wildman–Crippen LogP) is 3.34. The average molecular weight is 381 g/mol. The quantitative estimate of drug-likeness (QED) is 0.723. The molecule has 0 bridgehead atoms. The lowest BCUT2D eigenvalue weighted by Crippen LogP contribution is -2.27. The Morgan fingerprint density at radius 2 is 1.82 bits per heavy atom. The molecule has 0 radical (unpaired) electrons. The van der Waals surface area contributed by atoms with Crippen LogP contribution in [0.3, 0.4) is 0 Å². The van der Waals surface area contributed by atoms with Crippen molar-refractivity contribution in [3.8, 4) is 0 Å². The van der Waals surface area contributed by atoms with Crippen LogP contribution in [0.25, 0.3) is 0 Å². The average Bonchev–Trinajstić information content (AvgIpc) is 2.96. The van der Waals surface area contributed by atoms with E-state index in [1.165, 1.54) is 0 Å². The number of nitrogens with one attached hydrogen (secondary N) is 2. The second kappa shape index (κ2) is 8.70. The van der Waals surface area contributed by atoms with Crippen LogP contribution in [0.2, 0.25) is 0 Å². The maximum atomic E-state index is 11.8. The van der Waals surface area contributed by atoms with Crippen molar-refractivity contribution < 1.29 is 9.59 Å². The van der Waals surface area contributed by atoms with E-state index in [9.17, 15) is 9.59 Å². The summed E-state index contributed by atoms with van der Waals surface area (Å²) in [5.41, 5.74) is 0.634. The Bertz CT molecular complexity index is 628. The Morgan fingerprint density at radius 1 is 1.05 bits per heavy atom. The number of hydrogen-bond acceptors (Lipinski definition) is 3. The highest BCUT2D eigenvalue weighted by Crippen LogP contribution is 2.21. The largest absolute Gasteiger partial charge is 0.352 e. The smallest absolute Gasteiger partial charge is 0.251 e. The monoisotopic (exact) mass is 380 g/mol. The van der Waals surface area contributed by atoms with Gasteiger partial charge in [-0.1, -0.05) is 18.2 Å². The Balaban J connectivity index is 1.60. The van der Waals surface area contributed by atoms with Crippen LogP contribution < -0.4 is 10.6 Å². The molecule has 0 atom stereocenters. The summed E-state index contributed by atoms with van der Waals surface area (Å²) in [5.74, 6) is -0.108. The van der Waals surface area contributed by atoms with E-state index in [4.69, 9.17) is 0 Å². The standard InChI is InChI=1S/C16H17BrN2O2S/c17-14-9-8-13(22-14)11-19-15(20)7-4-10-18-16(21)12-5-2-1-3-6-12/h1-3,5-6,8-9H,4,7,10-11H2,(H,18,21)(H,19,20). The molecule has 0 saturated heterocycles. The molecule has 0 aliphatic carbocycles. The molecule has 0 aliphatic rings. The normalized spacial score (nSPS) is 10.2. The van der Waals surface area contributed by atoms with Crippen molar-refractivity contribution in [1.82, 2.24) is 10.6 Å². The molecular formula is C16H17BrN2O2S. The van der Waals surface area contributed by atoms with Gasteiger partial charge in [-0.05, 0) is 46.6 Å². The molecule has 0 saturated carbocycles. The Morgan fingerprint density at radius 3 is 2.50 bits per heavy atom. The predicted molar refractivity (Wildman–Crippen MR) is 91.9 cm³/mol. The van der Waals surface area contributed by atoms with Crippen molar-refractivity contribution in [3.05, 3.63) is 56.7 Å². The Hall–Kier alpha value is -1.66. The molecule has 116 valence electrons. The van der Waals surface area contributed by atoms with Crippen LogP contribution in [0.4, 0.5) is 0 Å². The third-order valence-electron chi connectivity index (χ3n) is 2.99. The van der Waals surface area contributed by atoms with E-state index in [1.807, 2.05) is 30.3 Å². The molecule has 0 fully saturated rings. The van der Waals surface area contributed by atoms with Gasteiger partial charge in [-0.25, -0.2) is 0 Å². The Labute approximate surface area is 142 Å². The second-order valence-corrected chi connectivity index (χ2v) is 7.26. The van der Waals surface area contributed by atoms with Gasteiger partial charge in [-0.3, -0.25) is 9.59 Å². The fourth-order valence-corrected chi connectivity index (χ4v) is 3.29. The fraction of sp³-hybridized carbons (Fsp3) is 0.250. The van der Waals surface area contributed by atoms with Gasteiger partial charge in [-0.2, -0.15) is 0 Å². The molecule has 1 aromatic heterocycles. The number of thiophene rings is 1. The number of hydrogen-bond donors (Lipinski definition) is 2. The van der Waals surface area contributed by atoms with Gasteiger partial charge in [0.2, 0.25) is 5.91 Å². The van der Waals surface area contributed by atoms with E-state index in [-0.39, 0.29) is 11.8 Å². The first kappa shape index (κ1) is 16.7. The zero-order valence-electron chi connectivity index (χ0n) is 12.0. The summed E-state index contributed by atoms with van der Waals surface area (Å²) in [6.07, 6.45) is 1.03. The van der Waals surface area contributed by atoms with Gasteiger partial charge in [0.1, 0.15) is 0 Å². The van der Waals surface area contributed by atoms with Crippen LogP contribution in [0, 0.1) is 0 Å². The zero-order chi connectivity index (χ0) is 15.8. The minimum atomic E-state index is -0.107. The van der Waals surface area contributed by atoms with Gasteiger partial charge in [0.25, 0.3) is 5.91 Å². The van der Waals surface area contributed by atoms with Crippen LogP contribution in [0.5, 0.6) is 0 Å². The van der Waals surface area contributed by atoms with Crippen LogP contribution in [0.1, 0.15) is 28.1 Å². The number of carbonyl (C=O) groups excluding carboxylic acids is 2. The lowest BCUT2D eigenvalue weighted by Gasteiger charge is -2.06. The first-order valence-electron chi connectivity index (χ1n) is 6.99. The summed E-state index contributed by atoms with van der Waals surface area (Å²) in [6.45, 7) is 1.04. The van der Waals surface area contributed by atoms with Gasteiger partial charge in [0.05, 0.1) is 10.3 Å². The van der Waals surface area contributed by atoms with Crippen LogP contribution in [0.15, 0.2) is 46.3 Å². The van der Waals surface area contributed by atoms with Gasteiger partial charge in [0, 0.05) is 23.4 Å². The van der Waals surface area contributed by atoms with Crippen LogP contribution in [-0.2, 0) is 11.3 Å². The van der Waals surface area contributed by atoms with E-state index in [2.05, 4.69) is 26.6 Å². The number of rotatable bonds is 7. The molecular weight excluding hydrogens is 364 g/mol. The first-order valence-corrected chi connectivity index (χ1v) is 8.60. The minimum Gasteiger partial charge on any atom is -0.352 e. The highest BCUT2D eigenvalue weighted by molar-refractivity contribution is 9.11. The van der Waals surface area contributed by atoms with E-state index >= 15 is 0 Å². The number of benzene rings is 1.